The first-order valence-corrected chi connectivity index (χ1v) is 5.20. The lowest BCUT2D eigenvalue weighted by Gasteiger charge is -2.08. The Bertz CT molecular complexity index is 404. The first-order chi connectivity index (χ1) is 7.28. The number of rotatable bonds is 2. The van der Waals surface area contributed by atoms with E-state index in [9.17, 15) is 18.0 Å². The van der Waals surface area contributed by atoms with Crippen molar-refractivity contribution in [2.75, 3.05) is 5.32 Å². The third-order valence-electron chi connectivity index (χ3n) is 1.80. The Labute approximate surface area is 99.0 Å². The van der Waals surface area contributed by atoms with Gasteiger partial charge in [-0.2, -0.15) is 13.2 Å². The lowest BCUT2D eigenvalue weighted by Crippen LogP contribution is -2.21. The van der Waals surface area contributed by atoms with Crippen LogP contribution in [0.15, 0.2) is 22.7 Å². The molecule has 6 heteroatoms. The molecule has 0 bridgehead atoms. The van der Waals surface area contributed by atoms with E-state index in [1.165, 1.54) is 6.07 Å². The summed E-state index contributed by atoms with van der Waals surface area (Å²) >= 11 is 3.25. The zero-order chi connectivity index (χ0) is 12.3. The van der Waals surface area contributed by atoms with Gasteiger partial charge in [0.15, 0.2) is 0 Å². The second kappa shape index (κ2) is 4.86. The number of hydrogen-bond acceptors (Lipinski definition) is 1. The van der Waals surface area contributed by atoms with E-state index in [-0.39, 0.29) is 0 Å². The molecule has 1 amide bonds. The van der Waals surface area contributed by atoms with E-state index in [1.807, 2.05) is 0 Å². The molecule has 1 aromatic rings. The van der Waals surface area contributed by atoms with Gasteiger partial charge in [-0.05, 0) is 30.7 Å². The minimum Gasteiger partial charge on any atom is -0.326 e. The summed E-state index contributed by atoms with van der Waals surface area (Å²) in [4.78, 5) is 11.0. The first-order valence-electron chi connectivity index (χ1n) is 4.41. The van der Waals surface area contributed by atoms with E-state index in [0.29, 0.717) is 5.69 Å². The zero-order valence-electron chi connectivity index (χ0n) is 8.36. The van der Waals surface area contributed by atoms with Crippen LogP contribution >= 0.6 is 15.9 Å². The molecule has 2 nitrogen and oxygen atoms in total. The minimum atomic E-state index is -4.48. The Hall–Kier alpha value is -1.04. The van der Waals surface area contributed by atoms with Crippen molar-refractivity contribution in [2.24, 2.45) is 0 Å². The molecule has 0 aromatic heterocycles. The lowest BCUT2D eigenvalue weighted by molar-refractivity contribution is -0.150. The smallest absolute Gasteiger partial charge is 0.326 e. The molecule has 1 N–H and O–H groups in total. The Morgan fingerprint density at radius 3 is 2.56 bits per heavy atom. The number of carbonyl (C=O) groups is 1. The molecular formula is C10H9BrF3NO. The quantitative estimate of drug-likeness (QED) is 0.886. The van der Waals surface area contributed by atoms with Gasteiger partial charge in [0.1, 0.15) is 6.42 Å². The van der Waals surface area contributed by atoms with Crippen LogP contribution in [-0.2, 0) is 4.79 Å². The van der Waals surface area contributed by atoms with Gasteiger partial charge >= 0.3 is 6.18 Å². The van der Waals surface area contributed by atoms with Crippen molar-refractivity contribution >= 4 is 27.5 Å². The second-order valence-corrected chi connectivity index (χ2v) is 4.16. The fourth-order valence-corrected chi connectivity index (χ4v) is 1.36. The predicted octanol–water partition coefficient (Wildman–Crippen LogP) is 3.65. The molecule has 0 spiro atoms. The summed E-state index contributed by atoms with van der Waals surface area (Å²) in [6.07, 6.45) is -5.95. The van der Waals surface area contributed by atoms with Gasteiger partial charge in [0.05, 0.1) is 0 Å². The molecule has 0 unspecified atom stereocenters. The largest absolute Gasteiger partial charge is 0.397 e. The summed E-state index contributed by atoms with van der Waals surface area (Å²) in [6.45, 7) is 1.78. The number of nitrogens with one attached hydrogen (secondary N) is 1. The molecule has 1 aromatic carbocycles. The van der Waals surface area contributed by atoms with E-state index < -0.39 is 18.5 Å². The second-order valence-electron chi connectivity index (χ2n) is 3.30. The fraction of sp³-hybridized carbons (Fsp3) is 0.300. The first kappa shape index (κ1) is 13.0. The van der Waals surface area contributed by atoms with Crippen molar-refractivity contribution in [3.8, 4) is 0 Å². The Morgan fingerprint density at radius 1 is 1.44 bits per heavy atom. The zero-order valence-corrected chi connectivity index (χ0v) is 9.95. The van der Waals surface area contributed by atoms with Crippen LogP contribution in [0.5, 0.6) is 0 Å². The predicted molar refractivity (Wildman–Crippen MR) is 58.2 cm³/mol. The number of amides is 1. The average molecular weight is 296 g/mol. The van der Waals surface area contributed by atoms with Crippen LogP contribution in [-0.4, -0.2) is 12.1 Å². The van der Waals surface area contributed by atoms with E-state index in [0.717, 1.165) is 10.0 Å². The van der Waals surface area contributed by atoms with Crippen molar-refractivity contribution in [3.05, 3.63) is 28.2 Å². The number of aryl methyl sites for hydroxylation is 1. The van der Waals surface area contributed by atoms with Crippen LogP contribution in [0.25, 0.3) is 0 Å². The number of hydrogen-bond donors (Lipinski definition) is 1. The van der Waals surface area contributed by atoms with Crippen LogP contribution in [0.4, 0.5) is 18.9 Å². The number of halogens is 4. The summed E-state index contributed by atoms with van der Waals surface area (Å²) in [7, 11) is 0. The Kier molecular flexibility index (Phi) is 3.96. The van der Waals surface area contributed by atoms with E-state index in [1.54, 1.807) is 19.1 Å². The highest BCUT2D eigenvalue weighted by Crippen LogP contribution is 2.22. The summed E-state index contributed by atoms with van der Waals surface area (Å²) in [5.74, 6) is -1.06. The molecule has 16 heavy (non-hydrogen) atoms. The van der Waals surface area contributed by atoms with Crippen LogP contribution in [0.2, 0.25) is 0 Å². The van der Waals surface area contributed by atoms with E-state index in [2.05, 4.69) is 21.2 Å². The van der Waals surface area contributed by atoms with Gasteiger partial charge in [0, 0.05) is 10.2 Å². The van der Waals surface area contributed by atoms with E-state index in [4.69, 9.17) is 0 Å². The summed E-state index contributed by atoms with van der Waals surface area (Å²) < 4.78 is 36.5. The molecule has 0 aliphatic heterocycles. The minimum absolute atomic E-state index is 0.356. The van der Waals surface area contributed by atoms with Gasteiger partial charge in [-0.3, -0.25) is 4.79 Å². The Balaban J connectivity index is 2.67. The highest BCUT2D eigenvalue weighted by atomic mass is 79.9. The monoisotopic (exact) mass is 295 g/mol. The van der Waals surface area contributed by atoms with Crippen LogP contribution in [0.1, 0.15) is 12.0 Å². The molecule has 0 atom stereocenters. The van der Waals surface area contributed by atoms with Gasteiger partial charge in [-0.15, -0.1) is 0 Å². The molecule has 88 valence electrons. The maximum atomic E-state index is 11.9. The van der Waals surface area contributed by atoms with Crippen molar-refractivity contribution in [3.63, 3.8) is 0 Å². The third-order valence-corrected chi connectivity index (χ3v) is 2.69. The maximum absolute atomic E-state index is 11.9. The molecule has 0 fully saturated rings. The third kappa shape index (κ3) is 4.22. The lowest BCUT2D eigenvalue weighted by atomic mass is 10.2. The molecule has 0 saturated carbocycles. The highest BCUT2D eigenvalue weighted by Gasteiger charge is 2.31. The van der Waals surface area contributed by atoms with Crippen molar-refractivity contribution in [2.45, 2.75) is 19.5 Å². The Morgan fingerprint density at radius 2 is 2.06 bits per heavy atom. The fourth-order valence-electron chi connectivity index (χ4n) is 1.11. The summed E-state index contributed by atoms with van der Waals surface area (Å²) in [5.41, 5.74) is 1.19. The van der Waals surface area contributed by atoms with Gasteiger partial charge in [-0.25, -0.2) is 0 Å². The molecule has 0 aliphatic rings. The van der Waals surface area contributed by atoms with Crippen molar-refractivity contribution in [1.82, 2.24) is 0 Å². The van der Waals surface area contributed by atoms with Gasteiger partial charge < -0.3 is 5.32 Å². The number of anilines is 1. The molecule has 1 rings (SSSR count). The molecule has 0 aliphatic carbocycles. The van der Waals surface area contributed by atoms with Crippen molar-refractivity contribution in [1.29, 1.82) is 0 Å². The van der Waals surface area contributed by atoms with Crippen LogP contribution in [0.3, 0.4) is 0 Å². The number of alkyl halides is 3. The highest BCUT2D eigenvalue weighted by molar-refractivity contribution is 9.10. The topological polar surface area (TPSA) is 29.1 Å². The maximum Gasteiger partial charge on any atom is 0.397 e. The molecule has 0 heterocycles. The van der Waals surface area contributed by atoms with Gasteiger partial charge in [-0.1, -0.05) is 15.9 Å². The molecule has 0 saturated heterocycles. The standard InChI is InChI=1S/C10H9BrF3NO/c1-6-4-7(2-3-8(6)11)15-9(16)5-10(12,13)14/h2-4H,5H2,1H3,(H,15,16). The average Bonchev–Trinajstić information content (AvgIpc) is 2.08. The van der Waals surface area contributed by atoms with E-state index >= 15 is 0 Å². The van der Waals surface area contributed by atoms with Crippen LogP contribution < -0.4 is 5.32 Å². The number of benzene rings is 1. The van der Waals surface area contributed by atoms with Crippen molar-refractivity contribution < 1.29 is 18.0 Å². The van der Waals surface area contributed by atoms with Crippen LogP contribution in [0, 0.1) is 6.92 Å². The molecule has 0 radical (unpaired) electrons. The molecular weight excluding hydrogens is 287 g/mol. The van der Waals surface area contributed by atoms with Gasteiger partial charge in [0.25, 0.3) is 0 Å². The normalized spacial score (nSPS) is 11.3. The summed E-state index contributed by atoms with van der Waals surface area (Å²) in [6, 6.07) is 4.79. The summed E-state index contributed by atoms with van der Waals surface area (Å²) in [5, 5.41) is 2.19. The number of carbonyl (C=O) groups excluding carboxylic acids is 1. The van der Waals surface area contributed by atoms with Gasteiger partial charge in [0.2, 0.25) is 5.91 Å². The SMILES string of the molecule is Cc1cc(NC(=O)CC(F)(F)F)ccc1Br.